The minimum atomic E-state index is -4.57. The number of amides is 1. The van der Waals surface area contributed by atoms with Gasteiger partial charge >= 0.3 is 11.8 Å². The topological polar surface area (TPSA) is 130 Å². The van der Waals surface area contributed by atoms with E-state index in [1.54, 1.807) is 22.9 Å². The summed E-state index contributed by atoms with van der Waals surface area (Å²) >= 11 is 0. The predicted octanol–water partition coefficient (Wildman–Crippen LogP) is 1.53. The van der Waals surface area contributed by atoms with Crippen molar-refractivity contribution in [2.24, 2.45) is 0 Å². The first-order valence-corrected chi connectivity index (χ1v) is 9.85. The van der Waals surface area contributed by atoms with Gasteiger partial charge in [0.15, 0.2) is 11.5 Å². The van der Waals surface area contributed by atoms with Crippen molar-refractivity contribution in [1.29, 1.82) is 0 Å². The Morgan fingerprint density at radius 1 is 1.17 bits per heavy atom. The van der Waals surface area contributed by atoms with Crippen LogP contribution >= 0.6 is 0 Å². The summed E-state index contributed by atoms with van der Waals surface area (Å²) in [4.78, 5) is 23.4. The van der Waals surface area contributed by atoms with E-state index in [1.807, 2.05) is 0 Å². The molecule has 2 aromatic carbocycles. The Kier molecular flexibility index (Phi) is 5.87. The van der Waals surface area contributed by atoms with E-state index in [9.17, 15) is 22.4 Å². The van der Waals surface area contributed by atoms with Crippen molar-refractivity contribution in [3.63, 3.8) is 0 Å². The number of carbonyl (C=O) groups excluding carboxylic acids is 1. The zero-order valence-electron chi connectivity index (χ0n) is 15.8. The van der Waals surface area contributed by atoms with Gasteiger partial charge < -0.3 is 13.9 Å². The molecule has 1 aromatic heterocycles. The Bertz CT molecular complexity index is 1250. The number of methoxy groups -OCH3 is 2. The van der Waals surface area contributed by atoms with Gasteiger partial charge in [-0.3, -0.25) is 0 Å². The van der Waals surface area contributed by atoms with E-state index < -0.39 is 32.5 Å². The van der Waals surface area contributed by atoms with Gasteiger partial charge in [0, 0.05) is 0 Å². The summed E-state index contributed by atoms with van der Waals surface area (Å²) in [6, 6.07) is 7.98. The van der Waals surface area contributed by atoms with Crippen LogP contribution in [0.5, 0.6) is 11.5 Å². The third-order valence-electron chi connectivity index (χ3n) is 3.93. The number of rotatable bonds is 6. The standard InChI is InChI=1S/C18H16FN3O7S/c1-27-13-8-7-11(9-14(13)28-2)10-16-20-22(18(24)29-16)17(23)21-30(25,26)15-6-4-3-5-12(15)19/h3-9H,10H2,1-2H3,(H,21,23). The lowest BCUT2D eigenvalue weighted by Crippen LogP contribution is -2.39. The highest BCUT2D eigenvalue weighted by molar-refractivity contribution is 7.90. The summed E-state index contributed by atoms with van der Waals surface area (Å²) in [6.45, 7) is 0. The lowest BCUT2D eigenvalue weighted by molar-refractivity contribution is 0.242. The lowest BCUT2D eigenvalue weighted by atomic mass is 10.1. The number of aromatic nitrogens is 2. The zero-order chi connectivity index (χ0) is 21.9. The van der Waals surface area contributed by atoms with Crippen LogP contribution < -0.4 is 20.0 Å². The highest BCUT2D eigenvalue weighted by Gasteiger charge is 2.25. The smallest absolute Gasteiger partial charge is 0.446 e. The monoisotopic (exact) mass is 437 g/mol. The molecule has 0 aliphatic rings. The van der Waals surface area contributed by atoms with E-state index in [2.05, 4.69) is 5.10 Å². The summed E-state index contributed by atoms with van der Waals surface area (Å²) in [7, 11) is -1.63. The number of nitrogens with one attached hydrogen (secondary N) is 1. The average molecular weight is 437 g/mol. The summed E-state index contributed by atoms with van der Waals surface area (Å²) in [6.07, 6.45) is 0.00986. The van der Waals surface area contributed by atoms with Crippen LogP contribution in [0.15, 0.2) is 56.6 Å². The first-order valence-electron chi connectivity index (χ1n) is 8.37. The van der Waals surface area contributed by atoms with Crippen LogP contribution in [0.4, 0.5) is 9.18 Å². The molecule has 0 aliphatic heterocycles. The van der Waals surface area contributed by atoms with Crippen molar-refractivity contribution in [3.05, 3.63) is 70.3 Å². The molecule has 3 aromatic rings. The Labute approximate surface area is 169 Å². The number of sulfonamides is 1. The predicted molar refractivity (Wildman–Crippen MR) is 101 cm³/mol. The average Bonchev–Trinajstić information content (AvgIpc) is 3.07. The van der Waals surface area contributed by atoms with Crippen LogP contribution in [-0.4, -0.2) is 38.4 Å². The van der Waals surface area contributed by atoms with E-state index in [-0.39, 0.29) is 17.0 Å². The molecule has 0 fully saturated rings. The third kappa shape index (κ3) is 4.33. The molecule has 0 saturated carbocycles. The molecule has 158 valence electrons. The molecule has 12 heteroatoms. The highest BCUT2D eigenvalue weighted by atomic mass is 32.2. The van der Waals surface area contributed by atoms with E-state index in [0.717, 1.165) is 12.1 Å². The second kappa shape index (κ2) is 8.37. The molecule has 1 amide bonds. The van der Waals surface area contributed by atoms with Gasteiger partial charge in [0.1, 0.15) is 10.7 Å². The summed E-state index contributed by atoms with van der Waals surface area (Å²) in [5, 5.41) is 3.70. The summed E-state index contributed by atoms with van der Waals surface area (Å²) in [5.74, 6) is -1.48. The largest absolute Gasteiger partial charge is 0.493 e. The molecule has 0 spiro atoms. The van der Waals surface area contributed by atoms with Gasteiger partial charge in [-0.25, -0.2) is 27.1 Å². The maximum Gasteiger partial charge on any atom is 0.446 e. The zero-order valence-corrected chi connectivity index (χ0v) is 16.6. The van der Waals surface area contributed by atoms with Gasteiger partial charge in [-0.1, -0.05) is 18.2 Å². The molecule has 0 aliphatic carbocycles. The van der Waals surface area contributed by atoms with Crippen molar-refractivity contribution in [2.75, 3.05) is 14.2 Å². The molecule has 1 heterocycles. The molecule has 30 heavy (non-hydrogen) atoms. The SMILES string of the molecule is COc1ccc(Cc2nn(C(=O)NS(=O)(=O)c3ccccc3F)c(=O)o2)cc1OC. The molecule has 0 saturated heterocycles. The van der Waals surface area contributed by atoms with Crippen LogP contribution in [0.3, 0.4) is 0 Å². The lowest BCUT2D eigenvalue weighted by Gasteiger charge is -2.08. The maximum atomic E-state index is 13.7. The van der Waals surface area contributed by atoms with Gasteiger partial charge in [-0.2, -0.15) is 0 Å². The summed E-state index contributed by atoms with van der Waals surface area (Å²) < 4.78 is 55.1. The van der Waals surface area contributed by atoms with Crippen LogP contribution in [0, 0.1) is 5.82 Å². The number of hydrogen-bond acceptors (Lipinski definition) is 8. The molecule has 0 unspecified atom stereocenters. The van der Waals surface area contributed by atoms with Crippen LogP contribution in [0.25, 0.3) is 0 Å². The molecule has 0 bridgehead atoms. The number of ether oxygens (including phenoxy) is 2. The third-order valence-corrected chi connectivity index (χ3v) is 5.29. The maximum absolute atomic E-state index is 13.7. The summed E-state index contributed by atoms with van der Waals surface area (Å²) in [5.41, 5.74) is 0.625. The minimum absolute atomic E-state index is 0.00986. The molecule has 1 N–H and O–H groups in total. The van der Waals surface area contributed by atoms with Gasteiger partial charge in [0.2, 0.25) is 5.89 Å². The first-order chi connectivity index (χ1) is 14.2. The highest BCUT2D eigenvalue weighted by Crippen LogP contribution is 2.28. The second-order valence-electron chi connectivity index (χ2n) is 5.88. The minimum Gasteiger partial charge on any atom is -0.493 e. The molecular formula is C18H16FN3O7S. The fraction of sp³-hybridized carbons (Fsp3) is 0.167. The number of carbonyl (C=O) groups is 1. The Morgan fingerprint density at radius 2 is 1.87 bits per heavy atom. The first kappa shape index (κ1) is 21.0. The number of benzene rings is 2. The van der Waals surface area contributed by atoms with Crippen molar-refractivity contribution in [2.45, 2.75) is 11.3 Å². The van der Waals surface area contributed by atoms with Crippen molar-refractivity contribution in [1.82, 2.24) is 14.5 Å². The van der Waals surface area contributed by atoms with Crippen LogP contribution in [0.1, 0.15) is 11.5 Å². The van der Waals surface area contributed by atoms with E-state index in [1.165, 1.54) is 26.4 Å². The van der Waals surface area contributed by atoms with Gasteiger partial charge in [-0.15, -0.1) is 9.78 Å². The molecule has 10 nitrogen and oxygen atoms in total. The van der Waals surface area contributed by atoms with E-state index in [0.29, 0.717) is 17.1 Å². The van der Waals surface area contributed by atoms with Crippen LogP contribution in [0.2, 0.25) is 0 Å². The fourth-order valence-electron chi connectivity index (χ4n) is 2.56. The molecule has 0 atom stereocenters. The van der Waals surface area contributed by atoms with Gasteiger partial charge in [-0.05, 0) is 29.8 Å². The van der Waals surface area contributed by atoms with Crippen molar-refractivity contribution >= 4 is 16.1 Å². The van der Waals surface area contributed by atoms with Gasteiger partial charge in [0.25, 0.3) is 10.0 Å². The Hall–Kier alpha value is -3.67. The molecule has 0 radical (unpaired) electrons. The second-order valence-corrected chi connectivity index (χ2v) is 7.53. The Morgan fingerprint density at radius 3 is 2.53 bits per heavy atom. The van der Waals surface area contributed by atoms with Crippen molar-refractivity contribution in [3.8, 4) is 11.5 Å². The molecule has 3 rings (SSSR count). The number of halogens is 1. The number of nitrogens with zero attached hydrogens (tertiary/aromatic N) is 2. The van der Waals surface area contributed by atoms with Crippen molar-refractivity contribution < 1.29 is 31.5 Å². The number of hydrogen-bond donors (Lipinski definition) is 1. The van der Waals surface area contributed by atoms with E-state index >= 15 is 0 Å². The van der Waals surface area contributed by atoms with Gasteiger partial charge in [0.05, 0.1) is 20.6 Å². The van der Waals surface area contributed by atoms with E-state index in [4.69, 9.17) is 13.9 Å². The quantitative estimate of drug-likeness (QED) is 0.615. The van der Waals surface area contributed by atoms with Crippen LogP contribution in [-0.2, 0) is 16.4 Å². The fourth-order valence-corrected chi connectivity index (χ4v) is 3.57. The Balaban J connectivity index is 1.82. The molecular weight excluding hydrogens is 421 g/mol. The normalized spacial score (nSPS) is 11.2.